The van der Waals surface area contributed by atoms with Gasteiger partial charge in [-0.15, -0.1) is 0 Å². The van der Waals surface area contributed by atoms with E-state index < -0.39 is 0 Å². The van der Waals surface area contributed by atoms with Gasteiger partial charge in [0.2, 0.25) is 0 Å². The van der Waals surface area contributed by atoms with Gasteiger partial charge in [0.15, 0.2) is 0 Å². The predicted molar refractivity (Wildman–Crippen MR) is 122 cm³/mol. The van der Waals surface area contributed by atoms with Crippen molar-refractivity contribution in [3.8, 4) is 0 Å². The van der Waals surface area contributed by atoms with Crippen LogP contribution in [-0.2, 0) is 0 Å². The fourth-order valence-electron chi connectivity index (χ4n) is 4.79. The van der Waals surface area contributed by atoms with Crippen LogP contribution in [0.4, 0.5) is 0 Å². The summed E-state index contributed by atoms with van der Waals surface area (Å²) in [4.78, 5) is 5.14. The molecule has 5 aromatic rings. The number of aromatic nitrogens is 2. The van der Waals surface area contributed by atoms with Gasteiger partial charge in [-0.3, -0.25) is 0 Å². The molecule has 1 aliphatic rings. The number of rotatable bonds is 2. The summed E-state index contributed by atoms with van der Waals surface area (Å²) in [5.41, 5.74) is 7.28. The van der Waals surface area contributed by atoms with Crippen LogP contribution in [0.1, 0.15) is 40.0 Å². The summed E-state index contributed by atoms with van der Waals surface area (Å²) in [7, 11) is 0. The van der Waals surface area contributed by atoms with Crippen molar-refractivity contribution in [1.29, 1.82) is 0 Å². The summed E-state index contributed by atoms with van der Waals surface area (Å²) >= 11 is 6.21. The van der Waals surface area contributed by atoms with E-state index in [4.69, 9.17) is 16.6 Å². The number of hydrogen-bond donors (Lipinski definition) is 0. The Balaban J connectivity index is 1.71. The second kappa shape index (κ2) is 6.86. The van der Waals surface area contributed by atoms with Gasteiger partial charge < -0.3 is 4.57 Å². The number of halogens is 1. The fraction of sp³-hybridized carbons (Fsp3) is 0.0741. The lowest BCUT2D eigenvalue weighted by Crippen LogP contribution is -2.26. The minimum atomic E-state index is 0.0563. The summed E-state index contributed by atoms with van der Waals surface area (Å²) in [5, 5.41) is 0.751. The van der Waals surface area contributed by atoms with E-state index in [1.807, 2.05) is 12.1 Å². The molecule has 2 unspecified atom stereocenters. The Labute approximate surface area is 180 Å². The monoisotopic (exact) mass is 406 g/mol. The quantitative estimate of drug-likeness (QED) is 0.308. The third-order valence-electron chi connectivity index (χ3n) is 6.06. The first kappa shape index (κ1) is 17.5. The lowest BCUT2D eigenvalue weighted by molar-refractivity contribution is 0.600. The Bertz CT molecular complexity index is 1350. The highest BCUT2D eigenvalue weighted by Crippen LogP contribution is 2.46. The number of benzene rings is 4. The molecule has 3 heteroatoms. The van der Waals surface area contributed by atoms with Crippen LogP contribution >= 0.6 is 11.6 Å². The fourth-order valence-corrected chi connectivity index (χ4v) is 4.91. The van der Waals surface area contributed by atoms with E-state index in [9.17, 15) is 0 Å². The summed E-state index contributed by atoms with van der Waals surface area (Å²) < 4.78 is 2.42. The Hall–Kier alpha value is -3.36. The zero-order valence-corrected chi connectivity index (χ0v) is 17.0. The molecule has 0 N–H and O–H groups in total. The first-order chi connectivity index (χ1) is 14.8. The molecule has 0 saturated heterocycles. The second-order valence-electron chi connectivity index (χ2n) is 7.76. The van der Waals surface area contributed by atoms with Gasteiger partial charge in [0.1, 0.15) is 5.82 Å². The van der Waals surface area contributed by atoms with Crippen LogP contribution in [0.2, 0.25) is 5.02 Å². The molecule has 0 amide bonds. The third kappa shape index (κ3) is 2.61. The van der Waals surface area contributed by atoms with Gasteiger partial charge in [-0.25, -0.2) is 4.98 Å². The standard InChI is InChI=1S/C27H19ClN2/c28-20-16-14-19(15-17-20)26-22-11-5-4-10-21(22)25(18-8-2-1-3-9-18)27-29-23-12-6-7-13-24(23)30(26)27/h1-17,25-26H. The molecular formula is C27H19ClN2. The molecule has 2 nitrogen and oxygen atoms in total. The van der Waals surface area contributed by atoms with Crippen molar-refractivity contribution in [2.45, 2.75) is 12.0 Å². The van der Waals surface area contributed by atoms with E-state index >= 15 is 0 Å². The number of imidazole rings is 1. The van der Waals surface area contributed by atoms with Crippen molar-refractivity contribution in [3.05, 3.63) is 136 Å². The smallest absolute Gasteiger partial charge is 0.122 e. The van der Waals surface area contributed by atoms with Crippen molar-refractivity contribution in [2.24, 2.45) is 0 Å². The maximum atomic E-state index is 6.21. The molecule has 30 heavy (non-hydrogen) atoms. The zero-order valence-electron chi connectivity index (χ0n) is 16.2. The first-order valence-corrected chi connectivity index (χ1v) is 10.5. The minimum absolute atomic E-state index is 0.0563. The van der Waals surface area contributed by atoms with Crippen molar-refractivity contribution >= 4 is 22.6 Å². The van der Waals surface area contributed by atoms with Crippen LogP contribution in [0.5, 0.6) is 0 Å². The van der Waals surface area contributed by atoms with Crippen molar-refractivity contribution in [1.82, 2.24) is 9.55 Å². The Kier molecular flexibility index (Phi) is 4.00. The molecule has 1 aliphatic heterocycles. The van der Waals surface area contributed by atoms with Crippen LogP contribution in [-0.4, -0.2) is 9.55 Å². The van der Waals surface area contributed by atoms with Crippen molar-refractivity contribution in [3.63, 3.8) is 0 Å². The van der Waals surface area contributed by atoms with E-state index in [-0.39, 0.29) is 12.0 Å². The lowest BCUT2D eigenvalue weighted by atomic mass is 9.80. The van der Waals surface area contributed by atoms with Crippen LogP contribution in [0, 0.1) is 0 Å². The highest BCUT2D eigenvalue weighted by atomic mass is 35.5. The van der Waals surface area contributed by atoms with Crippen molar-refractivity contribution < 1.29 is 0 Å². The van der Waals surface area contributed by atoms with Crippen LogP contribution in [0.15, 0.2) is 103 Å². The normalized spacial score (nSPS) is 17.5. The lowest BCUT2D eigenvalue weighted by Gasteiger charge is -2.34. The van der Waals surface area contributed by atoms with E-state index in [0.717, 1.165) is 21.9 Å². The maximum Gasteiger partial charge on any atom is 0.122 e. The Morgan fingerprint density at radius 3 is 2.10 bits per heavy atom. The van der Waals surface area contributed by atoms with Gasteiger partial charge in [0.25, 0.3) is 0 Å². The van der Waals surface area contributed by atoms with E-state index in [1.165, 1.54) is 22.3 Å². The molecule has 0 fully saturated rings. The van der Waals surface area contributed by atoms with Gasteiger partial charge in [-0.2, -0.15) is 0 Å². The highest BCUT2D eigenvalue weighted by Gasteiger charge is 2.36. The largest absolute Gasteiger partial charge is 0.315 e. The Morgan fingerprint density at radius 2 is 1.30 bits per heavy atom. The third-order valence-corrected chi connectivity index (χ3v) is 6.31. The molecule has 1 aromatic heterocycles. The average molecular weight is 407 g/mol. The molecular weight excluding hydrogens is 388 g/mol. The van der Waals surface area contributed by atoms with E-state index in [0.29, 0.717) is 0 Å². The van der Waals surface area contributed by atoms with Gasteiger partial charge >= 0.3 is 0 Å². The van der Waals surface area contributed by atoms with Gasteiger partial charge in [0.05, 0.1) is 23.0 Å². The summed E-state index contributed by atoms with van der Waals surface area (Å²) in [6.07, 6.45) is 0. The topological polar surface area (TPSA) is 17.8 Å². The first-order valence-electron chi connectivity index (χ1n) is 10.2. The molecule has 0 saturated carbocycles. The molecule has 0 radical (unpaired) electrons. The number of hydrogen-bond acceptors (Lipinski definition) is 1. The van der Waals surface area contributed by atoms with Crippen LogP contribution < -0.4 is 0 Å². The van der Waals surface area contributed by atoms with Gasteiger partial charge in [-0.1, -0.05) is 90.5 Å². The number of nitrogens with zero attached hydrogens (tertiary/aromatic N) is 2. The number of fused-ring (bicyclic) bond motifs is 4. The van der Waals surface area contributed by atoms with Crippen LogP contribution in [0.25, 0.3) is 11.0 Å². The summed E-state index contributed by atoms with van der Waals surface area (Å²) in [5.74, 6) is 1.18. The Morgan fingerprint density at radius 1 is 0.633 bits per heavy atom. The molecule has 144 valence electrons. The SMILES string of the molecule is Clc1ccc(C2c3ccccc3C(c3ccccc3)c3nc4ccccc4n32)cc1. The summed E-state index contributed by atoms with van der Waals surface area (Å²) in [6.45, 7) is 0. The molecule has 0 spiro atoms. The molecule has 0 aliphatic carbocycles. The molecule has 2 atom stereocenters. The maximum absolute atomic E-state index is 6.21. The molecule has 2 heterocycles. The predicted octanol–water partition coefficient (Wildman–Crippen LogP) is 6.82. The van der Waals surface area contributed by atoms with Gasteiger partial charge in [0, 0.05) is 5.02 Å². The zero-order chi connectivity index (χ0) is 20.1. The number of para-hydroxylation sites is 2. The van der Waals surface area contributed by atoms with E-state index in [1.54, 1.807) is 0 Å². The second-order valence-corrected chi connectivity index (χ2v) is 8.19. The van der Waals surface area contributed by atoms with Crippen LogP contribution in [0.3, 0.4) is 0 Å². The van der Waals surface area contributed by atoms with Crippen molar-refractivity contribution in [2.75, 3.05) is 0 Å². The van der Waals surface area contributed by atoms with E-state index in [2.05, 4.69) is 95.6 Å². The summed E-state index contributed by atoms with van der Waals surface area (Å²) in [6, 6.07) is 36.1. The molecule has 0 bridgehead atoms. The minimum Gasteiger partial charge on any atom is -0.315 e. The van der Waals surface area contributed by atoms with Gasteiger partial charge in [-0.05, 0) is 46.5 Å². The molecule has 4 aromatic carbocycles. The molecule has 6 rings (SSSR count). The highest BCUT2D eigenvalue weighted by molar-refractivity contribution is 6.30. The average Bonchev–Trinajstić information content (AvgIpc) is 3.17.